The minimum absolute atomic E-state index is 0.0733. The van der Waals surface area contributed by atoms with Gasteiger partial charge in [-0.25, -0.2) is 0 Å². The van der Waals surface area contributed by atoms with Crippen molar-refractivity contribution in [3.63, 3.8) is 0 Å². The van der Waals surface area contributed by atoms with Gasteiger partial charge in [-0.3, -0.25) is 14.4 Å². The van der Waals surface area contributed by atoms with Crippen molar-refractivity contribution in [2.45, 2.75) is 25.7 Å². The number of ether oxygens (including phenoxy) is 1. The summed E-state index contributed by atoms with van der Waals surface area (Å²) >= 11 is 0. The van der Waals surface area contributed by atoms with E-state index < -0.39 is 11.4 Å². The molecule has 2 fully saturated rings. The van der Waals surface area contributed by atoms with Crippen molar-refractivity contribution < 1.29 is 24.2 Å². The molecule has 128 valence electrons. The number of ketones is 1. The lowest BCUT2D eigenvalue weighted by Gasteiger charge is -2.33. The lowest BCUT2D eigenvalue weighted by Crippen LogP contribution is -2.45. The van der Waals surface area contributed by atoms with Crippen molar-refractivity contribution in [2.75, 3.05) is 20.2 Å². The number of rotatable bonds is 5. The maximum atomic E-state index is 12.6. The molecule has 1 heterocycles. The van der Waals surface area contributed by atoms with E-state index in [0.717, 1.165) is 0 Å². The van der Waals surface area contributed by atoms with Crippen LogP contribution in [0.5, 0.6) is 5.75 Å². The highest BCUT2D eigenvalue weighted by Crippen LogP contribution is 2.48. The number of likely N-dealkylation sites (tertiary alicyclic amines) is 1. The minimum Gasteiger partial charge on any atom is -0.497 e. The Hall–Kier alpha value is -2.37. The third kappa shape index (κ3) is 2.88. The van der Waals surface area contributed by atoms with Crippen LogP contribution in [0, 0.1) is 11.3 Å². The number of hydrogen-bond acceptors (Lipinski definition) is 4. The number of aliphatic carboxylic acids is 1. The first-order chi connectivity index (χ1) is 11.5. The number of piperidine rings is 1. The zero-order valence-corrected chi connectivity index (χ0v) is 13.7. The van der Waals surface area contributed by atoms with Crippen LogP contribution in [0.3, 0.4) is 0 Å². The van der Waals surface area contributed by atoms with E-state index in [9.17, 15) is 19.5 Å². The number of carbonyl (C=O) groups is 3. The lowest BCUT2D eigenvalue weighted by atomic mass is 9.88. The fraction of sp³-hybridized carbons (Fsp3) is 0.500. The Kier molecular flexibility index (Phi) is 4.30. The molecule has 0 bridgehead atoms. The Labute approximate surface area is 140 Å². The summed E-state index contributed by atoms with van der Waals surface area (Å²) in [7, 11) is 1.58. The van der Waals surface area contributed by atoms with Gasteiger partial charge in [-0.05, 0) is 49.9 Å². The molecule has 1 saturated carbocycles. The Balaban J connectivity index is 1.59. The van der Waals surface area contributed by atoms with Gasteiger partial charge in [0.2, 0.25) is 5.91 Å². The second-order valence-electron chi connectivity index (χ2n) is 6.55. The number of carboxylic acids is 1. The van der Waals surface area contributed by atoms with Gasteiger partial charge in [0.05, 0.1) is 7.11 Å². The fourth-order valence-electron chi connectivity index (χ4n) is 3.28. The molecule has 3 rings (SSSR count). The maximum Gasteiger partial charge on any atom is 0.319 e. The first kappa shape index (κ1) is 16.5. The van der Waals surface area contributed by atoms with Crippen LogP contribution in [0.15, 0.2) is 24.3 Å². The number of amides is 1. The second-order valence-corrected chi connectivity index (χ2v) is 6.55. The van der Waals surface area contributed by atoms with Crippen molar-refractivity contribution in [3.8, 4) is 5.75 Å². The molecule has 0 atom stereocenters. The summed E-state index contributed by atoms with van der Waals surface area (Å²) in [4.78, 5) is 37.8. The SMILES string of the molecule is COc1ccc(C(=O)C2CCN(C(=O)C3(C(=O)O)CC3)CC2)cc1. The molecule has 1 amide bonds. The van der Waals surface area contributed by atoms with Crippen LogP contribution < -0.4 is 4.74 Å². The molecule has 2 aliphatic rings. The quantitative estimate of drug-likeness (QED) is 0.659. The van der Waals surface area contributed by atoms with Crippen LogP contribution in [0.1, 0.15) is 36.0 Å². The Morgan fingerprint density at radius 2 is 1.71 bits per heavy atom. The van der Waals surface area contributed by atoms with Crippen LogP contribution in [-0.4, -0.2) is 47.9 Å². The predicted molar refractivity (Wildman–Crippen MR) is 85.9 cm³/mol. The molecule has 0 radical (unpaired) electrons. The third-order valence-corrected chi connectivity index (χ3v) is 5.10. The monoisotopic (exact) mass is 331 g/mol. The van der Waals surface area contributed by atoms with E-state index in [1.165, 1.54) is 0 Å². The largest absolute Gasteiger partial charge is 0.497 e. The average Bonchev–Trinajstić information content (AvgIpc) is 3.43. The van der Waals surface area contributed by atoms with Crippen molar-refractivity contribution in [1.82, 2.24) is 4.90 Å². The normalized spacial score (nSPS) is 19.6. The number of methoxy groups -OCH3 is 1. The number of nitrogens with zero attached hydrogens (tertiary/aromatic N) is 1. The van der Waals surface area contributed by atoms with E-state index in [-0.39, 0.29) is 17.6 Å². The molecule has 1 aliphatic carbocycles. The van der Waals surface area contributed by atoms with Gasteiger partial charge in [0.1, 0.15) is 11.2 Å². The van der Waals surface area contributed by atoms with E-state index >= 15 is 0 Å². The van der Waals surface area contributed by atoms with Gasteiger partial charge in [0.15, 0.2) is 5.78 Å². The molecular weight excluding hydrogens is 310 g/mol. The van der Waals surface area contributed by atoms with Gasteiger partial charge in [-0.15, -0.1) is 0 Å². The highest BCUT2D eigenvalue weighted by molar-refractivity contribution is 6.05. The van der Waals surface area contributed by atoms with Crippen LogP contribution in [0.4, 0.5) is 0 Å². The summed E-state index contributed by atoms with van der Waals surface area (Å²) in [5, 5.41) is 9.22. The van der Waals surface area contributed by atoms with Gasteiger partial charge in [-0.2, -0.15) is 0 Å². The van der Waals surface area contributed by atoms with Gasteiger partial charge in [0, 0.05) is 24.6 Å². The van der Waals surface area contributed by atoms with Crippen LogP contribution in [-0.2, 0) is 9.59 Å². The number of carboxylic acid groups (broad SMARTS) is 1. The summed E-state index contributed by atoms with van der Waals surface area (Å²) in [6.07, 6.45) is 2.00. The van der Waals surface area contributed by atoms with Gasteiger partial charge < -0.3 is 14.7 Å². The average molecular weight is 331 g/mol. The molecule has 6 nitrogen and oxygen atoms in total. The molecule has 0 aromatic heterocycles. The highest BCUT2D eigenvalue weighted by atomic mass is 16.5. The van der Waals surface area contributed by atoms with Crippen LogP contribution in [0.25, 0.3) is 0 Å². The zero-order chi connectivity index (χ0) is 17.3. The first-order valence-corrected chi connectivity index (χ1v) is 8.19. The Morgan fingerprint density at radius 1 is 1.12 bits per heavy atom. The van der Waals surface area contributed by atoms with Crippen molar-refractivity contribution in [3.05, 3.63) is 29.8 Å². The summed E-state index contributed by atoms with van der Waals surface area (Å²) in [6.45, 7) is 0.890. The van der Waals surface area contributed by atoms with Gasteiger partial charge >= 0.3 is 5.97 Å². The Morgan fingerprint density at radius 3 is 2.17 bits per heavy atom. The molecule has 1 saturated heterocycles. The van der Waals surface area contributed by atoms with E-state index in [0.29, 0.717) is 50.1 Å². The molecule has 1 aliphatic heterocycles. The maximum absolute atomic E-state index is 12.6. The first-order valence-electron chi connectivity index (χ1n) is 8.19. The zero-order valence-electron chi connectivity index (χ0n) is 13.7. The highest BCUT2D eigenvalue weighted by Gasteiger charge is 2.58. The van der Waals surface area contributed by atoms with Crippen LogP contribution in [0.2, 0.25) is 0 Å². The fourth-order valence-corrected chi connectivity index (χ4v) is 3.28. The summed E-state index contributed by atoms with van der Waals surface area (Å²) in [5.41, 5.74) is -0.544. The van der Waals surface area contributed by atoms with E-state index in [4.69, 9.17) is 4.74 Å². The summed E-state index contributed by atoms with van der Waals surface area (Å²) < 4.78 is 5.09. The number of hydrogen-bond donors (Lipinski definition) is 1. The van der Waals surface area contributed by atoms with E-state index in [2.05, 4.69) is 0 Å². The molecular formula is C18H21NO5. The van der Waals surface area contributed by atoms with Gasteiger partial charge in [-0.1, -0.05) is 0 Å². The standard InChI is InChI=1S/C18H21NO5/c1-24-14-4-2-12(3-5-14)15(20)13-6-10-19(11-7-13)16(21)18(8-9-18)17(22)23/h2-5,13H,6-11H2,1H3,(H,22,23). The smallest absolute Gasteiger partial charge is 0.319 e. The van der Waals surface area contributed by atoms with Crippen molar-refractivity contribution in [2.24, 2.45) is 11.3 Å². The molecule has 24 heavy (non-hydrogen) atoms. The number of benzene rings is 1. The van der Waals surface area contributed by atoms with Crippen molar-refractivity contribution in [1.29, 1.82) is 0 Å². The molecule has 1 N–H and O–H groups in total. The Bertz CT molecular complexity index is 654. The minimum atomic E-state index is -1.19. The number of Topliss-reactive ketones (excluding diaryl/α,β-unsaturated/α-hetero) is 1. The van der Waals surface area contributed by atoms with Crippen LogP contribution >= 0.6 is 0 Å². The van der Waals surface area contributed by atoms with E-state index in [1.807, 2.05) is 0 Å². The number of carbonyl (C=O) groups excluding carboxylic acids is 2. The molecule has 1 aromatic carbocycles. The van der Waals surface area contributed by atoms with Crippen molar-refractivity contribution >= 4 is 17.7 Å². The van der Waals surface area contributed by atoms with E-state index in [1.54, 1.807) is 36.3 Å². The lowest BCUT2D eigenvalue weighted by molar-refractivity contribution is -0.154. The molecule has 6 heteroatoms. The predicted octanol–water partition coefficient (Wildman–Crippen LogP) is 1.98. The third-order valence-electron chi connectivity index (χ3n) is 5.10. The second kappa shape index (κ2) is 6.26. The molecule has 0 unspecified atom stereocenters. The molecule has 0 spiro atoms. The molecule has 1 aromatic rings. The van der Waals surface area contributed by atoms with Gasteiger partial charge in [0.25, 0.3) is 0 Å². The summed E-state index contributed by atoms with van der Waals surface area (Å²) in [5.74, 6) is -0.656. The topological polar surface area (TPSA) is 83.9 Å². The summed E-state index contributed by atoms with van der Waals surface area (Å²) in [6, 6.07) is 7.02.